The normalized spacial score (nSPS) is 14.0. The number of hydrogen-bond acceptors (Lipinski definition) is 4. The Hall–Kier alpha value is -2.98. The minimum Gasteiger partial charge on any atom is -0.496 e. The largest absolute Gasteiger partial charge is 0.496 e. The van der Waals surface area contributed by atoms with Crippen molar-refractivity contribution in [3.63, 3.8) is 0 Å². The van der Waals surface area contributed by atoms with E-state index in [1.54, 1.807) is 12.5 Å². The molecule has 0 radical (unpaired) electrons. The molecular formula is C31H42ClNO3. The molecular weight excluding hydrogens is 470 g/mol. The molecule has 0 amide bonds. The highest BCUT2D eigenvalue weighted by molar-refractivity contribution is 6.32. The second kappa shape index (κ2) is 20.2. The van der Waals surface area contributed by atoms with Gasteiger partial charge >= 0.3 is 0 Å². The highest BCUT2D eigenvalue weighted by Crippen LogP contribution is 2.31. The molecule has 36 heavy (non-hydrogen) atoms. The number of hydrogen-bond donors (Lipinski definition) is 0. The Kier molecular flexibility index (Phi) is 17.5. The maximum atomic E-state index is 6.39. The lowest BCUT2D eigenvalue weighted by Gasteiger charge is -2.20. The fourth-order valence-corrected chi connectivity index (χ4v) is 3.43. The molecule has 0 aliphatic carbocycles. The molecule has 0 spiro atoms. The monoisotopic (exact) mass is 511 g/mol. The molecule has 0 fully saturated rings. The van der Waals surface area contributed by atoms with Crippen molar-refractivity contribution in [2.75, 3.05) is 13.2 Å². The summed E-state index contributed by atoms with van der Waals surface area (Å²) in [5.41, 5.74) is 0.912. The average Bonchev–Trinajstić information content (AvgIpc) is 2.83. The summed E-state index contributed by atoms with van der Waals surface area (Å²) in [6.07, 6.45) is 25.2. The molecule has 0 heterocycles. The first kappa shape index (κ1) is 31.1. The molecule has 0 aromatic heterocycles. The van der Waals surface area contributed by atoms with Crippen LogP contribution in [0.4, 0.5) is 0 Å². The first-order valence-electron chi connectivity index (χ1n) is 12.6. The number of nitrogens with zero attached hydrogens (tertiary/aromatic N) is 1. The van der Waals surface area contributed by atoms with Crippen LogP contribution in [-0.4, -0.2) is 25.5 Å². The summed E-state index contributed by atoms with van der Waals surface area (Å²) in [7, 11) is 0. The van der Waals surface area contributed by atoms with E-state index in [0.29, 0.717) is 36.4 Å². The Morgan fingerprint density at radius 2 is 1.83 bits per heavy atom. The molecule has 0 aliphatic heterocycles. The Balaban J connectivity index is 2.52. The number of rotatable bonds is 17. The molecule has 1 atom stereocenters. The third-order valence-electron chi connectivity index (χ3n) is 4.73. The molecule has 4 nitrogen and oxygen atoms in total. The van der Waals surface area contributed by atoms with Gasteiger partial charge in [0.05, 0.1) is 23.9 Å². The van der Waals surface area contributed by atoms with Crippen LogP contribution in [0.3, 0.4) is 0 Å². The lowest BCUT2D eigenvalue weighted by molar-refractivity contribution is 0.181. The first-order valence-corrected chi connectivity index (χ1v) is 12.9. The van der Waals surface area contributed by atoms with Crippen LogP contribution in [0.5, 0.6) is 5.75 Å². The van der Waals surface area contributed by atoms with Gasteiger partial charge in [0.1, 0.15) is 24.7 Å². The third-order valence-corrected chi connectivity index (χ3v) is 5.03. The molecule has 196 valence electrons. The van der Waals surface area contributed by atoms with Crippen molar-refractivity contribution in [1.82, 2.24) is 0 Å². The average molecular weight is 512 g/mol. The summed E-state index contributed by atoms with van der Waals surface area (Å²) < 4.78 is 17.6. The number of para-hydroxylation sites is 1. The van der Waals surface area contributed by atoms with E-state index in [9.17, 15) is 0 Å². The van der Waals surface area contributed by atoms with Gasteiger partial charge in [-0.15, -0.1) is 0 Å². The lowest BCUT2D eigenvalue weighted by Crippen LogP contribution is -2.15. The standard InChI is InChI=1S/C31H42ClNO3/c1-6-8-9-10-11-12-13-20-33-21-23-35-29(16-7-2)18-15-22-34-25-28-17-14-19-30(32)31(28)36-27(5)24-26(3)4/h6-8,10-19,21-22,26-27H,9,20,23-25H2,1-5H3/b8-6-,11-10-,13-12-,16-7-,22-15+,29-18+,33-21?. The van der Waals surface area contributed by atoms with Crippen molar-refractivity contribution in [2.45, 2.75) is 60.2 Å². The zero-order chi connectivity index (χ0) is 26.4. The summed E-state index contributed by atoms with van der Waals surface area (Å²) in [5.74, 6) is 1.96. The van der Waals surface area contributed by atoms with Crippen molar-refractivity contribution < 1.29 is 14.2 Å². The van der Waals surface area contributed by atoms with E-state index in [2.05, 4.69) is 37.9 Å². The van der Waals surface area contributed by atoms with Crippen LogP contribution >= 0.6 is 11.6 Å². The van der Waals surface area contributed by atoms with Gasteiger partial charge < -0.3 is 14.2 Å². The van der Waals surface area contributed by atoms with E-state index in [4.69, 9.17) is 25.8 Å². The first-order chi connectivity index (χ1) is 17.5. The number of halogens is 1. The fraction of sp³-hybridized carbons (Fsp3) is 0.387. The van der Waals surface area contributed by atoms with Crippen LogP contribution in [-0.2, 0) is 16.1 Å². The van der Waals surface area contributed by atoms with Gasteiger partial charge in [0.2, 0.25) is 0 Å². The smallest absolute Gasteiger partial charge is 0.144 e. The second-order valence-corrected chi connectivity index (χ2v) is 8.92. The quantitative estimate of drug-likeness (QED) is 0.0907. The summed E-state index contributed by atoms with van der Waals surface area (Å²) in [6.45, 7) is 11.8. The van der Waals surface area contributed by atoms with Crippen molar-refractivity contribution in [2.24, 2.45) is 10.9 Å². The van der Waals surface area contributed by atoms with Gasteiger partial charge in [0.15, 0.2) is 0 Å². The van der Waals surface area contributed by atoms with Crippen LogP contribution in [0.25, 0.3) is 0 Å². The van der Waals surface area contributed by atoms with Crippen molar-refractivity contribution in [3.05, 3.63) is 102 Å². The molecule has 0 aliphatic rings. The van der Waals surface area contributed by atoms with E-state index in [1.807, 2.05) is 80.7 Å². The summed E-state index contributed by atoms with van der Waals surface area (Å²) in [5, 5.41) is 0.595. The van der Waals surface area contributed by atoms with Crippen LogP contribution in [0.2, 0.25) is 5.02 Å². The summed E-state index contributed by atoms with van der Waals surface area (Å²) >= 11 is 6.39. The maximum absolute atomic E-state index is 6.39. The Bertz CT molecular complexity index is 939. The minimum atomic E-state index is 0.0762. The third kappa shape index (κ3) is 15.1. The zero-order valence-corrected chi connectivity index (χ0v) is 23.2. The second-order valence-electron chi connectivity index (χ2n) is 8.51. The van der Waals surface area contributed by atoms with E-state index >= 15 is 0 Å². The van der Waals surface area contributed by atoms with E-state index < -0.39 is 0 Å². The minimum absolute atomic E-state index is 0.0762. The molecule has 0 saturated carbocycles. The molecule has 1 rings (SSSR count). The molecule has 1 aromatic carbocycles. The van der Waals surface area contributed by atoms with Crippen LogP contribution in [0.1, 0.15) is 53.0 Å². The zero-order valence-electron chi connectivity index (χ0n) is 22.4. The summed E-state index contributed by atoms with van der Waals surface area (Å²) in [6, 6.07) is 5.71. The predicted molar refractivity (Wildman–Crippen MR) is 155 cm³/mol. The molecule has 0 saturated heterocycles. The molecule has 0 bridgehead atoms. The predicted octanol–water partition coefficient (Wildman–Crippen LogP) is 8.81. The Morgan fingerprint density at radius 1 is 1.03 bits per heavy atom. The number of allylic oxidation sites excluding steroid dienone is 9. The van der Waals surface area contributed by atoms with Gasteiger partial charge in [0.25, 0.3) is 0 Å². The van der Waals surface area contributed by atoms with Gasteiger partial charge in [-0.1, -0.05) is 80.1 Å². The van der Waals surface area contributed by atoms with Gasteiger partial charge in [-0.05, 0) is 63.8 Å². The van der Waals surface area contributed by atoms with Gasteiger partial charge in [-0.3, -0.25) is 4.99 Å². The maximum Gasteiger partial charge on any atom is 0.144 e. The fourth-order valence-electron chi connectivity index (χ4n) is 3.19. The number of aliphatic imine (C=N–C) groups is 1. The van der Waals surface area contributed by atoms with Crippen LogP contribution in [0, 0.1) is 5.92 Å². The number of benzene rings is 1. The van der Waals surface area contributed by atoms with Crippen molar-refractivity contribution in [3.8, 4) is 5.75 Å². The van der Waals surface area contributed by atoms with Gasteiger partial charge in [-0.25, -0.2) is 0 Å². The Morgan fingerprint density at radius 3 is 2.58 bits per heavy atom. The molecule has 1 unspecified atom stereocenters. The highest BCUT2D eigenvalue weighted by Gasteiger charge is 2.13. The Labute approximate surface area is 223 Å². The highest BCUT2D eigenvalue weighted by atomic mass is 35.5. The van der Waals surface area contributed by atoms with E-state index in [1.165, 1.54) is 0 Å². The van der Waals surface area contributed by atoms with E-state index in [0.717, 1.165) is 24.2 Å². The number of ether oxygens (including phenoxy) is 3. The van der Waals surface area contributed by atoms with Gasteiger partial charge in [-0.2, -0.15) is 0 Å². The lowest BCUT2D eigenvalue weighted by atomic mass is 10.1. The van der Waals surface area contributed by atoms with Crippen molar-refractivity contribution in [1.29, 1.82) is 0 Å². The van der Waals surface area contributed by atoms with Crippen LogP contribution < -0.4 is 4.74 Å². The van der Waals surface area contributed by atoms with Crippen LogP contribution in [0.15, 0.2) is 96.0 Å². The molecule has 1 aromatic rings. The van der Waals surface area contributed by atoms with Gasteiger partial charge in [0, 0.05) is 11.8 Å². The SMILES string of the molecule is C/C=C\C/C=C\C=C/CN=CCOC(/C=C\C)=C/C=C/OCc1cccc(Cl)c1OC(C)CC(C)C. The van der Waals surface area contributed by atoms with E-state index in [-0.39, 0.29) is 6.10 Å². The van der Waals surface area contributed by atoms with Crippen molar-refractivity contribution >= 4 is 17.8 Å². The molecule has 5 heteroatoms. The summed E-state index contributed by atoms with van der Waals surface area (Å²) in [4.78, 5) is 4.33. The molecule has 0 N–H and O–H groups in total. The topological polar surface area (TPSA) is 40.0 Å².